The molecule has 0 atom stereocenters. The molecule has 0 fully saturated rings. The molecule has 0 unspecified atom stereocenters. The van der Waals surface area contributed by atoms with Gasteiger partial charge in [-0.3, -0.25) is 0 Å². The number of nitrogen functional groups attached to an aromatic ring is 1. The Kier molecular flexibility index (Phi) is 3.37. The third-order valence-corrected chi connectivity index (χ3v) is 2.51. The van der Waals surface area contributed by atoms with Gasteiger partial charge >= 0.3 is 5.97 Å². The van der Waals surface area contributed by atoms with Gasteiger partial charge in [-0.15, -0.1) is 0 Å². The summed E-state index contributed by atoms with van der Waals surface area (Å²) in [4.78, 5) is 15.0. The molecule has 7 heteroatoms. The highest BCUT2D eigenvalue weighted by Gasteiger charge is 2.17. The summed E-state index contributed by atoms with van der Waals surface area (Å²) in [5.41, 5.74) is 4.93. The first kappa shape index (κ1) is 12.9. The summed E-state index contributed by atoms with van der Waals surface area (Å²) >= 11 is 0. The topological polar surface area (TPSA) is 101 Å². The molecule has 2 rings (SSSR count). The van der Waals surface area contributed by atoms with E-state index in [9.17, 15) is 9.18 Å². The normalized spacial score (nSPS) is 10.4. The van der Waals surface area contributed by atoms with Crippen LogP contribution in [0.15, 0.2) is 22.7 Å². The van der Waals surface area contributed by atoms with Crippen LogP contribution in [0, 0.1) is 12.7 Å². The van der Waals surface area contributed by atoms with Crippen molar-refractivity contribution in [2.24, 2.45) is 0 Å². The molecule has 0 amide bonds. The van der Waals surface area contributed by atoms with Gasteiger partial charge < -0.3 is 20.6 Å². The number of carboxylic acid groups (broad SMARTS) is 1. The number of halogens is 1. The summed E-state index contributed by atoms with van der Waals surface area (Å²) in [6, 6.07) is 2.41. The molecule has 6 nitrogen and oxygen atoms in total. The van der Waals surface area contributed by atoms with Crippen molar-refractivity contribution in [2.45, 2.75) is 13.5 Å². The van der Waals surface area contributed by atoms with E-state index in [1.54, 1.807) is 13.1 Å². The zero-order chi connectivity index (χ0) is 14.0. The smallest absolute Gasteiger partial charge is 0.340 e. The number of aromatic carboxylic acids is 1. The molecular formula is C12H12FN3O3. The van der Waals surface area contributed by atoms with Crippen molar-refractivity contribution in [1.29, 1.82) is 0 Å². The van der Waals surface area contributed by atoms with Gasteiger partial charge in [-0.25, -0.2) is 14.2 Å². The lowest BCUT2D eigenvalue weighted by Crippen LogP contribution is -2.10. The molecule has 0 radical (unpaired) electrons. The molecule has 0 aliphatic rings. The molecular weight excluding hydrogens is 253 g/mol. The van der Waals surface area contributed by atoms with Gasteiger partial charge in [-0.1, -0.05) is 0 Å². The Balaban J connectivity index is 2.25. The lowest BCUT2D eigenvalue weighted by molar-refractivity contribution is 0.0698. The van der Waals surface area contributed by atoms with Gasteiger partial charge in [-0.2, -0.15) is 0 Å². The Bertz CT molecular complexity index is 625. The Morgan fingerprint density at radius 3 is 2.89 bits per heavy atom. The lowest BCUT2D eigenvalue weighted by Gasteiger charge is -2.10. The van der Waals surface area contributed by atoms with Crippen molar-refractivity contribution in [2.75, 3.05) is 11.1 Å². The largest absolute Gasteiger partial charge is 0.478 e. The Morgan fingerprint density at radius 1 is 1.58 bits per heavy atom. The molecule has 1 aromatic heterocycles. The van der Waals surface area contributed by atoms with E-state index in [-0.39, 0.29) is 17.8 Å². The highest BCUT2D eigenvalue weighted by Crippen LogP contribution is 2.25. The van der Waals surface area contributed by atoms with Crippen LogP contribution in [-0.4, -0.2) is 16.1 Å². The molecule has 2 aromatic rings. The van der Waals surface area contributed by atoms with Crippen LogP contribution in [0.4, 0.5) is 15.8 Å². The van der Waals surface area contributed by atoms with Gasteiger partial charge in [0.25, 0.3) is 0 Å². The van der Waals surface area contributed by atoms with Crippen molar-refractivity contribution in [1.82, 2.24) is 4.98 Å². The third-order valence-electron chi connectivity index (χ3n) is 2.51. The second-order valence-corrected chi connectivity index (χ2v) is 3.91. The number of anilines is 2. The molecule has 1 heterocycles. The van der Waals surface area contributed by atoms with E-state index in [1.807, 2.05) is 0 Å². The molecule has 4 N–H and O–H groups in total. The molecule has 0 bridgehead atoms. The van der Waals surface area contributed by atoms with Gasteiger partial charge in [0.1, 0.15) is 17.1 Å². The van der Waals surface area contributed by atoms with Crippen molar-refractivity contribution < 1.29 is 18.7 Å². The number of carbonyl (C=O) groups is 1. The first-order valence-electron chi connectivity index (χ1n) is 5.45. The Labute approximate surface area is 108 Å². The van der Waals surface area contributed by atoms with Crippen LogP contribution in [0.2, 0.25) is 0 Å². The van der Waals surface area contributed by atoms with E-state index >= 15 is 0 Å². The molecule has 19 heavy (non-hydrogen) atoms. The van der Waals surface area contributed by atoms with Crippen LogP contribution in [0.3, 0.4) is 0 Å². The van der Waals surface area contributed by atoms with E-state index in [0.717, 1.165) is 6.07 Å². The number of carboxylic acids is 1. The summed E-state index contributed by atoms with van der Waals surface area (Å²) in [5, 5.41) is 11.9. The minimum absolute atomic E-state index is 0.180. The van der Waals surface area contributed by atoms with E-state index in [4.69, 9.17) is 15.3 Å². The average molecular weight is 265 g/mol. The molecule has 0 saturated carbocycles. The molecule has 0 saturated heterocycles. The minimum Gasteiger partial charge on any atom is -0.478 e. The monoisotopic (exact) mass is 265 g/mol. The Morgan fingerprint density at radius 2 is 2.32 bits per heavy atom. The zero-order valence-electron chi connectivity index (χ0n) is 10.1. The number of hydrogen-bond donors (Lipinski definition) is 3. The first-order chi connectivity index (χ1) is 8.99. The second-order valence-electron chi connectivity index (χ2n) is 3.91. The number of nitrogens with zero attached hydrogens (tertiary/aromatic N) is 1. The van der Waals surface area contributed by atoms with Crippen LogP contribution in [0.5, 0.6) is 0 Å². The maximum absolute atomic E-state index is 13.2. The zero-order valence-corrected chi connectivity index (χ0v) is 10.1. The number of aromatic nitrogens is 1. The average Bonchev–Trinajstić information content (AvgIpc) is 2.76. The van der Waals surface area contributed by atoms with Gasteiger partial charge in [-0.05, 0) is 19.1 Å². The van der Waals surface area contributed by atoms with Crippen LogP contribution >= 0.6 is 0 Å². The summed E-state index contributed by atoms with van der Waals surface area (Å²) in [6.07, 6.45) is 1.55. The predicted octanol–water partition coefficient (Wildman–Crippen LogP) is 2.01. The number of nitrogens with one attached hydrogen (secondary N) is 1. The Hall–Kier alpha value is -2.57. The minimum atomic E-state index is -1.30. The van der Waals surface area contributed by atoms with Gasteiger partial charge in [0, 0.05) is 0 Å². The van der Waals surface area contributed by atoms with E-state index in [1.165, 1.54) is 6.07 Å². The molecule has 100 valence electrons. The van der Waals surface area contributed by atoms with Gasteiger partial charge in [0.15, 0.2) is 0 Å². The number of nitrogens with two attached hydrogens (primary N) is 1. The summed E-state index contributed by atoms with van der Waals surface area (Å²) < 4.78 is 18.5. The summed E-state index contributed by atoms with van der Waals surface area (Å²) in [7, 11) is 0. The number of aryl methyl sites for hydroxylation is 1. The van der Waals surface area contributed by atoms with Crippen molar-refractivity contribution in [3.8, 4) is 0 Å². The van der Waals surface area contributed by atoms with Crippen molar-refractivity contribution in [3.63, 3.8) is 0 Å². The number of oxazole rings is 1. The highest BCUT2D eigenvalue weighted by molar-refractivity contribution is 6.00. The van der Waals surface area contributed by atoms with Crippen LogP contribution in [0.25, 0.3) is 0 Å². The lowest BCUT2D eigenvalue weighted by atomic mass is 10.1. The van der Waals surface area contributed by atoms with Crippen LogP contribution < -0.4 is 11.1 Å². The van der Waals surface area contributed by atoms with E-state index in [0.29, 0.717) is 11.7 Å². The molecule has 1 aromatic carbocycles. The van der Waals surface area contributed by atoms with Gasteiger partial charge in [0.2, 0.25) is 5.89 Å². The van der Waals surface area contributed by atoms with E-state index in [2.05, 4.69) is 10.3 Å². The van der Waals surface area contributed by atoms with Crippen molar-refractivity contribution in [3.05, 3.63) is 41.4 Å². The maximum atomic E-state index is 13.2. The fourth-order valence-corrected chi connectivity index (χ4v) is 1.63. The first-order valence-corrected chi connectivity index (χ1v) is 5.45. The van der Waals surface area contributed by atoms with E-state index < -0.39 is 17.5 Å². The highest BCUT2D eigenvalue weighted by atomic mass is 19.1. The molecule has 0 aliphatic carbocycles. The SMILES string of the molecule is Cc1cnc(CNc2ccc(F)c(N)c2C(=O)O)o1. The fourth-order valence-electron chi connectivity index (χ4n) is 1.63. The predicted molar refractivity (Wildman–Crippen MR) is 66.3 cm³/mol. The summed E-state index contributed by atoms with van der Waals surface area (Å²) in [5.74, 6) is -1.02. The number of benzene rings is 1. The van der Waals surface area contributed by atoms with Crippen LogP contribution in [-0.2, 0) is 6.54 Å². The summed E-state index contributed by atoms with van der Waals surface area (Å²) in [6.45, 7) is 1.92. The molecule has 0 spiro atoms. The number of hydrogen-bond acceptors (Lipinski definition) is 5. The maximum Gasteiger partial charge on any atom is 0.340 e. The third kappa shape index (κ3) is 2.65. The molecule has 0 aliphatic heterocycles. The number of rotatable bonds is 4. The fraction of sp³-hybridized carbons (Fsp3) is 0.167. The van der Waals surface area contributed by atoms with Crippen LogP contribution in [0.1, 0.15) is 22.0 Å². The quantitative estimate of drug-likeness (QED) is 0.731. The second kappa shape index (κ2) is 4.97. The van der Waals surface area contributed by atoms with Crippen molar-refractivity contribution >= 4 is 17.3 Å². The standard InChI is InChI=1S/C12H12FN3O3/c1-6-4-16-9(19-6)5-15-8-3-2-7(13)11(14)10(8)12(17)18/h2-4,15H,5,14H2,1H3,(H,17,18). The van der Waals surface area contributed by atoms with Gasteiger partial charge in [0.05, 0.1) is 24.1 Å².